The first-order chi connectivity index (χ1) is 11.9. The van der Waals surface area contributed by atoms with Crippen LogP contribution in [-0.4, -0.2) is 24.4 Å². The lowest BCUT2D eigenvalue weighted by Gasteiger charge is -2.43. The third-order valence-electron chi connectivity index (χ3n) is 5.08. The van der Waals surface area contributed by atoms with Gasteiger partial charge in [0.1, 0.15) is 18.0 Å². The lowest BCUT2D eigenvalue weighted by Crippen LogP contribution is -2.43. The highest BCUT2D eigenvalue weighted by Gasteiger charge is 2.41. The molecular weight excluding hydrogens is 314 g/mol. The van der Waals surface area contributed by atoms with Crippen molar-refractivity contribution in [3.05, 3.63) is 59.2 Å². The van der Waals surface area contributed by atoms with Crippen LogP contribution >= 0.6 is 0 Å². The Bertz CT molecular complexity index is 781. The van der Waals surface area contributed by atoms with Crippen molar-refractivity contribution in [3.63, 3.8) is 0 Å². The highest BCUT2D eigenvalue weighted by Crippen LogP contribution is 2.45. The number of benzene rings is 2. The summed E-state index contributed by atoms with van der Waals surface area (Å²) < 4.78 is 12.2. The molecule has 1 saturated heterocycles. The number of rotatable bonds is 1. The zero-order valence-corrected chi connectivity index (χ0v) is 15.0. The van der Waals surface area contributed by atoms with Crippen LogP contribution in [0.3, 0.4) is 0 Å². The summed E-state index contributed by atoms with van der Waals surface area (Å²) in [4.78, 5) is 0. The summed E-state index contributed by atoms with van der Waals surface area (Å²) in [5.74, 6) is 0.265. The molecule has 2 N–H and O–H groups in total. The first kappa shape index (κ1) is 16.4. The second-order valence-electron chi connectivity index (χ2n) is 7.90. The van der Waals surface area contributed by atoms with Gasteiger partial charge in [0.25, 0.3) is 0 Å². The van der Waals surface area contributed by atoms with E-state index in [4.69, 9.17) is 9.47 Å². The Hall–Kier alpha value is -2.04. The number of nitrogens with one attached hydrogen (secondary N) is 1. The van der Waals surface area contributed by atoms with E-state index < -0.39 is 0 Å². The number of ether oxygens (including phenoxy) is 2. The van der Waals surface area contributed by atoms with Crippen LogP contribution < -0.4 is 5.32 Å². The molecule has 2 aliphatic heterocycles. The third kappa shape index (κ3) is 3.00. The van der Waals surface area contributed by atoms with Crippen LogP contribution in [-0.2, 0) is 14.9 Å². The van der Waals surface area contributed by atoms with E-state index in [9.17, 15) is 5.11 Å². The first-order valence-corrected chi connectivity index (χ1v) is 8.86. The molecule has 0 bridgehead atoms. The van der Waals surface area contributed by atoms with Crippen molar-refractivity contribution in [2.75, 3.05) is 18.5 Å². The number of hydrogen-bond donors (Lipinski definition) is 2. The average Bonchev–Trinajstić information content (AvgIpc) is 2.60. The Morgan fingerprint density at radius 2 is 1.84 bits per heavy atom. The molecule has 0 radical (unpaired) electrons. The van der Waals surface area contributed by atoms with Gasteiger partial charge in [-0.2, -0.15) is 0 Å². The maximum absolute atomic E-state index is 9.86. The minimum absolute atomic E-state index is 0.0506. The fourth-order valence-electron chi connectivity index (χ4n) is 3.72. The molecular formula is C21H25NO3. The molecule has 2 aliphatic rings. The van der Waals surface area contributed by atoms with Gasteiger partial charge in [0.15, 0.2) is 0 Å². The van der Waals surface area contributed by atoms with Crippen LogP contribution in [0, 0.1) is 0 Å². The molecule has 0 unspecified atom stereocenters. The zero-order valence-electron chi connectivity index (χ0n) is 15.0. The molecule has 0 saturated carbocycles. The molecule has 4 nitrogen and oxygen atoms in total. The molecule has 4 rings (SSSR count). The monoisotopic (exact) mass is 339 g/mol. The van der Waals surface area contributed by atoms with E-state index in [0.717, 1.165) is 16.8 Å². The number of phenols is 1. The van der Waals surface area contributed by atoms with E-state index in [1.54, 1.807) is 12.1 Å². The topological polar surface area (TPSA) is 50.7 Å². The van der Waals surface area contributed by atoms with Crippen molar-refractivity contribution in [1.82, 2.24) is 0 Å². The van der Waals surface area contributed by atoms with Gasteiger partial charge in [-0.3, -0.25) is 0 Å². The van der Waals surface area contributed by atoms with Gasteiger partial charge < -0.3 is 19.9 Å². The summed E-state index contributed by atoms with van der Waals surface area (Å²) in [5.41, 5.74) is 4.62. The standard InChI is InChI=1S/C21H25NO3/c1-21(2,3)14-7-8-17-16(12-14)19-20(25-10-9-24-19)18(22-17)13-5-4-6-15(23)11-13/h4-8,11-12,18-20,22-23H,9-10H2,1-3H3/t18-,19+,20-/m0/s1. The Balaban J connectivity index is 1.78. The normalized spacial score (nSPS) is 25.6. The lowest BCUT2D eigenvalue weighted by atomic mass is 9.82. The summed E-state index contributed by atoms with van der Waals surface area (Å²) in [6.45, 7) is 7.85. The predicted octanol–water partition coefficient (Wildman–Crippen LogP) is 4.31. The second kappa shape index (κ2) is 6.04. The average molecular weight is 339 g/mol. The molecule has 25 heavy (non-hydrogen) atoms. The zero-order chi connectivity index (χ0) is 17.6. The highest BCUT2D eigenvalue weighted by atomic mass is 16.6. The maximum atomic E-state index is 9.86. The van der Waals surface area contributed by atoms with Crippen molar-refractivity contribution in [2.45, 2.75) is 44.4 Å². The van der Waals surface area contributed by atoms with Gasteiger partial charge in [0, 0.05) is 11.3 Å². The summed E-state index contributed by atoms with van der Waals surface area (Å²) in [7, 11) is 0. The number of hydrogen-bond acceptors (Lipinski definition) is 4. The van der Waals surface area contributed by atoms with Crippen molar-refractivity contribution in [2.24, 2.45) is 0 Å². The van der Waals surface area contributed by atoms with Gasteiger partial charge in [-0.15, -0.1) is 0 Å². The van der Waals surface area contributed by atoms with E-state index >= 15 is 0 Å². The van der Waals surface area contributed by atoms with Crippen molar-refractivity contribution < 1.29 is 14.6 Å². The van der Waals surface area contributed by atoms with Crippen LogP contribution in [0.2, 0.25) is 0 Å². The van der Waals surface area contributed by atoms with Crippen LogP contribution in [0.4, 0.5) is 5.69 Å². The summed E-state index contributed by atoms with van der Waals surface area (Å²) in [6, 6.07) is 13.9. The van der Waals surface area contributed by atoms with Gasteiger partial charge in [-0.25, -0.2) is 0 Å². The van der Waals surface area contributed by atoms with Crippen molar-refractivity contribution in [3.8, 4) is 5.75 Å². The summed E-state index contributed by atoms with van der Waals surface area (Å²) in [5, 5.41) is 13.5. The minimum atomic E-state index is -0.113. The van der Waals surface area contributed by atoms with Crippen LogP contribution in [0.5, 0.6) is 5.75 Å². The van der Waals surface area contributed by atoms with E-state index in [1.165, 1.54) is 5.56 Å². The molecule has 2 aromatic carbocycles. The van der Waals surface area contributed by atoms with E-state index in [1.807, 2.05) is 12.1 Å². The van der Waals surface area contributed by atoms with E-state index in [2.05, 4.69) is 44.3 Å². The molecule has 4 heteroatoms. The van der Waals surface area contributed by atoms with Crippen LogP contribution in [0.25, 0.3) is 0 Å². The smallest absolute Gasteiger partial charge is 0.115 e. The second-order valence-corrected chi connectivity index (χ2v) is 7.90. The van der Waals surface area contributed by atoms with Gasteiger partial charge in [-0.1, -0.05) is 45.0 Å². The number of aromatic hydroxyl groups is 1. The Kier molecular flexibility index (Phi) is 3.97. The number of fused-ring (bicyclic) bond motifs is 3. The fourth-order valence-corrected chi connectivity index (χ4v) is 3.72. The Morgan fingerprint density at radius 1 is 1.04 bits per heavy atom. The SMILES string of the molecule is CC(C)(C)c1ccc2c(c1)[C@H]1OCCO[C@H]1[C@H](c1cccc(O)c1)N2. The number of anilines is 1. The quantitative estimate of drug-likeness (QED) is 0.813. The third-order valence-corrected chi connectivity index (χ3v) is 5.08. The van der Waals surface area contributed by atoms with Crippen LogP contribution in [0.1, 0.15) is 49.6 Å². The van der Waals surface area contributed by atoms with Gasteiger partial charge in [-0.05, 0) is 34.7 Å². The lowest BCUT2D eigenvalue weighted by molar-refractivity contribution is -0.151. The molecule has 0 amide bonds. The van der Waals surface area contributed by atoms with E-state index in [-0.39, 0.29) is 29.4 Å². The molecule has 0 aromatic heterocycles. The largest absolute Gasteiger partial charge is 0.508 e. The summed E-state index contributed by atoms with van der Waals surface area (Å²) in [6.07, 6.45) is -0.210. The molecule has 3 atom stereocenters. The van der Waals surface area contributed by atoms with Crippen molar-refractivity contribution in [1.29, 1.82) is 0 Å². The molecule has 2 heterocycles. The maximum Gasteiger partial charge on any atom is 0.115 e. The molecule has 132 valence electrons. The fraction of sp³-hybridized carbons (Fsp3) is 0.429. The van der Waals surface area contributed by atoms with Gasteiger partial charge >= 0.3 is 0 Å². The van der Waals surface area contributed by atoms with Crippen molar-refractivity contribution >= 4 is 5.69 Å². The Labute approximate surface area is 148 Å². The molecule has 0 aliphatic carbocycles. The number of phenolic OH excluding ortho intramolecular Hbond substituents is 1. The van der Waals surface area contributed by atoms with E-state index in [0.29, 0.717) is 13.2 Å². The minimum Gasteiger partial charge on any atom is -0.508 e. The molecule has 0 spiro atoms. The van der Waals surface area contributed by atoms with Gasteiger partial charge in [0.05, 0.1) is 19.3 Å². The van der Waals surface area contributed by atoms with Gasteiger partial charge in [0.2, 0.25) is 0 Å². The highest BCUT2D eigenvalue weighted by molar-refractivity contribution is 5.59. The molecule has 2 aromatic rings. The summed E-state index contributed by atoms with van der Waals surface area (Å²) >= 11 is 0. The Morgan fingerprint density at radius 3 is 2.60 bits per heavy atom. The first-order valence-electron chi connectivity index (χ1n) is 8.86. The van der Waals surface area contributed by atoms with Crippen LogP contribution in [0.15, 0.2) is 42.5 Å². The molecule has 1 fully saturated rings. The predicted molar refractivity (Wildman–Crippen MR) is 98.0 cm³/mol.